The van der Waals surface area contributed by atoms with Gasteiger partial charge in [0.1, 0.15) is 0 Å². The Morgan fingerprint density at radius 2 is 2.06 bits per heavy atom. The van der Waals surface area contributed by atoms with Crippen molar-refractivity contribution in [3.63, 3.8) is 0 Å². The molecule has 0 aliphatic carbocycles. The van der Waals surface area contributed by atoms with Gasteiger partial charge in [0.05, 0.1) is 0 Å². The SMILES string of the molecule is NCc1cccc(N2CCC(C(N)=O)CC2)c1. The van der Waals surface area contributed by atoms with Crippen LogP contribution in [0, 0.1) is 5.92 Å². The highest BCUT2D eigenvalue weighted by Gasteiger charge is 2.23. The second-order valence-corrected chi connectivity index (χ2v) is 4.54. The zero-order chi connectivity index (χ0) is 12.3. The largest absolute Gasteiger partial charge is 0.371 e. The minimum absolute atomic E-state index is 0.0453. The monoisotopic (exact) mass is 233 g/mol. The summed E-state index contributed by atoms with van der Waals surface area (Å²) in [6, 6.07) is 8.26. The van der Waals surface area contributed by atoms with Crippen LogP contribution < -0.4 is 16.4 Å². The average molecular weight is 233 g/mol. The van der Waals surface area contributed by atoms with E-state index in [0.717, 1.165) is 31.5 Å². The summed E-state index contributed by atoms with van der Waals surface area (Å²) in [7, 11) is 0. The van der Waals surface area contributed by atoms with Gasteiger partial charge in [-0.25, -0.2) is 0 Å². The van der Waals surface area contributed by atoms with Gasteiger partial charge in [0.25, 0.3) is 0 Å². The Hall–Kier alpha value is -1.55. The molecule has 1 aliphatic heterocycles. The normalized spacial score (nSPS) is 17.1. The lowest BCUT2D eigenvalue weighted by atomic mass is 9.96. The summed E-state index contributed by atoms with van der Waals surface area (Å²) in [5.74, 6) is -0.121. The van der Waals surface area contributed by atoms with Crippen LogP contribution in [0.5, 0.6) is 0 Å². The topological polar surface area (TPSA) is 72.3 Å². The highest BCUT2D eigenvalue weighted by Crippen LogP contribution is 2.23. The third kappa shape index (κ3) is 2.77. The molecule has 1 saturated heterocycles. The summed E-state index contributed by atoms with van der Waals surface area (Å²) in [5, 5.41) is 0. The van der Waals surface area contributed by atoms with Crippen LogP contribution >= 0.6 is 0 Å². The molecule has 0 spiro atoms. The van der Waals surface area contributed by atoms with Crippen molar-refractivity contribution in [2.45, 2.75) is 19.4 Å². The zero-order valence-corrected chi connectivity index (χ0v) is 9.93. The fraction of sp³-hybridized carbons (Fsp3) is 0.462. The van der Waals surface area contributed by atoms with E-state index in [1.54, 1.807) is 0 Å². The van der Waals surface area contributed by atoms with Gasteiger partial charge in [0.2, 0.25) is 5.91 Å². The summed E-state index contributed by atoms with van der Waals surface area (Å²) < 4.78 is 0. The molecular formula is C13H19N3O. The van der Waals surface area contributed by atoms with Gasteiger partial charge in [-0.3, -0.25) is 4.79 Å². The number of nitrogens with zero attached hydrogens (tertiary/aromatic N) is 1. The molecule has 4 heteroatoms. The highest BCUT2D eigenvalue weighted by molar-refractivity contribution is 5.77. The molecule has 1 aliphatic rings. The molecule has 1 aromatic carbocycles. The van der Waals surface area contributed by atoms with E-state index in [4.69, 9.17) is 11.5 Å². The molecule has 1 amide bonds. The lowest BCUT2D eigenvalue weighted by Gasteiger charge is -2.32. The second kappa shape index (κ2) is 5.19. The Morgan fingerprint density at radius 3 is 2.65 bits per heavy atom. The molecule has 4 nitrogen and oxygen atoms in total. The number of carbonyl (C=O) groups excluding carboxylic acids is 1. The van der Waals surface area contributed by atoms with Gasteiger partial charge >= 0.3 is 0 Å². The number of hydrogen-bond donors (Lipinski definition) is 2. The number of carbonyl (C=O) groups is 1. The van der Waals surface area contributed by atoms with Crippen molar-refractivity contribution < 1.29 is 4.79 Å². The predicted molar refractivity (Wildman–Crippen MR) is 68.5 cm³/mol. The number of hydrogen-bond acceptors (Lipinski definition) is 3. The van der Waals surface area contributed by atoms with Crippen LogP contribution in [0.1, 0.15) is 18.4 Å². The van der Waals surface area contributed by atoms with Gasteiger partial charge in [-0.2, -0.15) is 0 Å². The summed E-state index contributed by atoms with van der Waals surface area (Å²) >= 11 is 0. The molecule has 0 bridgehead atoms. The smallest absolute Gasteiger partial charge is 0.220 e. The van der Waals surface area contributed by atoms with Crippen molar-refractivity contribution in [2.24, 2.45) is 17.4 Å². The summed E-state index contributed by atoms with van der Waals surface area (Å²) in [6.07, 6.45) is 1.70. The van der Waals surface area contributed by atoms with Crippen molar-refractivity contribution in [1.29, 1.82) is 0 Å². The third-order valence-corrected chi connectivity index (χ3v) is 3.41. The molecule has 0 unspecified atom stereocenters. The molecule has 2 rings (SSSR count). The standard InChI is InChI=1S/C13H19N3O/c14-9-10-2-1-3-12(8-10)16-6-4-11(5-7-16)13(15)17/h1-3,8,11H,4-7,9,14H2,(H2,15,17). The van der Waals surface area contributed by atoms with Crippen molar-refractivity contribution in [2.75, 3.05) is 18.0 Å². The van der Waals surface area contributed by atoms with Crippen LogP contribution in [-0.4, -0.2) is 19.0 Å². The number of anilines is 1. The first kappa shape index (κ1) is 11.9. The van der Waals surface area contributed by atoms with E-state index in [2.05, 4.69) is 17.0 Å². The molecule has 0 atom stereocenters. The quantitative estimate of drug-likeness (QED) is 0.813. The minimum atomic E-state index is -0.166. The van der Waals surface area contributed by atoms with Crippen LogP contribution in [0.15, 0.2) is 24.3 Å². The zero-order valence-electron chi connectivity index (χ0n) is 9.93. The molecule has 0 radical (unpaired) electrons. The fourth-order valence-corrected chi connectivity index (χ4v) is 2.30. The number of nitrogens with two attached hydrogens (primary N) is 2. The van der Waals surface area contributed by atoms with E-state index >= 15 is 0 Å². The van der Waals surface area contributed by atoms with Crippen LogP contribution in [0.4, 0.5) is 5.69 Å². The third-order valence-electron chi connectivity index (χ3n) is 3.41. The Bertz CT molecular complexity index is 397. The van der Waals surface area contributed by atoms with E-state index in [0.29, 0.717) is 6.54 Å². The van der Waals surface area contributed by atoms with Crippen LogP contribution in [-0.2, 0) is 11.3 Å². The second-order valence-electron chi connectivity index (χ2n) is 4.54. The Labute approximate surface area is 102 Å². The summed E-state index contributed by atoms with van der Waals surface area (Å²) in [4.78, 5) is 13.4. The van der Waals surface area contributed by atoms with E-state index in [1.165, 1.54) is 5.69 Å². The van der Waals surface area contributed by atoms with Gasteiger partial charge in [0, 0.05) is 31.2 Å². The number of piperidine rings is 1. The van der Waals surface area contributed by atoms with E-state index in [9.17, 15) is 4.79 Å². The molecule has 1 aromatic rings. The summed E-state index contributed by atoms with van der Waals surface area (Å²) in [6.45, 7) is 2.34. The van der Waals surface area contributed by atoms with E-state index in [-0.39, 0.29) is 11.8 Å². The number of primary amides is 1. The first-order chi connectivity index (χ1) is 8.20. The molecule has 1 fully saturated rings. The van der Waals surface area contributed by atoms with Crippen molar-refractivity contribution >= 4 is 11.6 Å². The number of benzene rings is 1. The molecule has 1 heterocycles. The first-order valence-corrected chi connectivity index (χ1v) is 6.04. The van der Waals surface area contributed by atoms with Gasteiger partial charge in [-0.1, -0.05) is 12.1 Å². The maximum atomic E-state index is 11.1. The summed E-state index contributed by atoms with van der Waals surface area (Å²) in [5.41, 5.74) is 13.3. The average Bonchev–Trinajstić information content (AvgIpc) is 2.39. The highest BCUT2D eigenvalue weighted by atomic mass is 16.1. The van der Waals surface area contributed by atoms with Gasteiger partial charge in [-0.05, 0) is 30.5 Å². The van der Waals surface area contributed by atoms with Gasteiger partial charge in [0.15, 0.2) is 0 Å². The molecule has 17 heavy (non-hydrogen) atoms. The minimum Gasteiger partial charge on any atom is -0.371 e. The Kier molecular flexibility index (Phi) is 3.64. The number of rotatable bonds is 3. The van der Waals surface area contributed by atoms with E-state index < -0.39 is 0 Å². The van der Waals surface area contributed by atoms with Crippen LogP contribution in [0.2, 0.25) is 0 Å². The predicted octanol–water partition coefficient (Wildman–Crippen LogP) is 0.847. The Balaban J connectivity index is 2.02. The first-order valence-electron chi connectivity index (χ1n) is 6.04. The van der Waals surface area contributed by atoms with Crippen molar-refractivity contribution in [3.05, 3.63) is 29.8 Å². The molecule has 0 aromatic heterocycles. The fourth-order valence-electron chi connectivity index (χ4n) is 2.30. The Morgan fingerprint density at radius 1 is 1.35 bits per heavy atom. The van der Waals surface area contributed by atoms with Gasteiger partial charge < -0.3 is 16.4 Å². The van der Waals surface area contributed by atoms with E-state index in [1.807, 2.05) is 12.1 Å². The maximum Gasteiger partial charge on any atom is 0.220 e. The van der Waals surface area contributed by atoms with Crippen LogP contribution in [0.3, 0.4) is 0 Å². The van der Waals surface area contributed by atoms with Crippen LogP contribution in [0.25, 0.3) is 0 Å². The number of amides is 1. The molecule has 92 valence electrons. The molecule has 0 saturated carbocycles. The van der Waals surface area contributed by atoms with Crippen molar-refractivity contribution in [1.82, 2.24) is 0 Å². The lowest BCUT2D eigenvalue weighted by molar-refractivity contribution is -0.122. The lowest BCUT2D eigenvalue weighted by Crippen LogP contribution is -2.38. The molecule has 4 N–H and O–H groups in total. The maximum absolute atomic E-state index is 11.1. The van der Waals surface area contributed by atoms with Gasteiger partial charge in [-0.15, -0.1) is 0 Å². The molecular weight excluding hydrogens is 214 g/mol. The van der Waals surface area contributed by atoms with Crippen molar-refractivity contribution in [3.8, 4) is 0 Å².